The molecule has 1 aliphatic carbocycles. The van der Waals surface area contributed by atoms with Crippen LogP contribution in [0.25, 0.3) is 0 Å². The van der Waals surface area contributed by atoms with Gasteiger partial charge in [0, 0.05) is 15.6 Å². The van der Waals surface area contributed by atoms with Crippen molar-refractivity contribution in [2.24, 2.45) is 0 Å². The van der Waals surface area contributed by atoms with E-state index in [9.17, 15) is 0 Å². The Kier molecular flexibility index (Phi) is 6.93. The molecule has 1 aliphatic rings. The summed E-state index contributed by atoms with van der Waals surface area (Å²) < 4.78 is 2.96. The third-order valence-corrected chi connectivity index (χ3v) is 9.29. The summed E-state index contributed by atoms with van der Waals surface area (Å²) in [6, 6.07) is 4.91. The SMILES string of the molecule is C[SiH2]CC[SiH](C)N(C(C)C)C1CCCCC1. The predicted molar refractivity (Wildman–Crippen MR) is 80.9 cm³/mol. The lowest BCUT2D eigenvalue weighted by Gasteiger charge is -2.41. The summed E-state index contributed by atoms with van der Waals surface area (Å²) in [6.45, 7) is 9.89. The highest BCUT2D eigenvalue weighted by atomic mass is 28.3. The Hall–Kier alpha value is 0.394. The number of rotatable bonds is 6. The van der Waals surface area contributed by atoms with Crippen LogP contribution in [-0.2, 0) is 0 Å². The first-order valence-electron chi connectivity index (χ1n) is 7.44. The average molecular weight is 258 g/mol. The Morgan fingerprint density at radius 3 is 2.38 bits per heavy atom. The highest BCUT2D eigenvalue weighted by Gasteiger charge is 2.27. The van der Waals surface area contributed by atoms with Crippen LogP contribution in [0, 0.1) is 0 Å². The van der Waals surface area contributed by atoms with Crippen LogP contribution in [0.15, 0.2) is 0 Å². The van der Waals surface area contributed by atoms with Gasteiger partial charge in [0.2, 0.25) is 0 Å². The van der Waals surface area contributed by atoms with Crippen LogP contribution >= 0.6 is 0 Å². The molecule has 0 spiro atoms. The molecule has 0 aromatic heterocycles. The van der Waals surface area contributed by atoms with Gasteiger partial charge in [-0.25, -0.2) is 0 Å². The fourth-order valence-corrected chi connectivity index (χ4v) is 9.65. The molecule has 0 N–H and O–H groups in total. The van der Waals surface area contributed by atoms with Crippen LogP contribution in [0.3, 0.4) is 0 Å². The first-order valence-corrected chi connectivity index (χ1v) is 12.3. The van der Waals surface area contributed by atoms with Crippen molar-refractivity contribution in [1.82, 2.24) is 4.57 Å². The smallest absolute Gasteiger partial charge is 0.109 e. The van der Waals surface area contributed by atoms with E-state index in [0.717, 1.165) is 12.1 Å². The van der Waals surface area contributed by atoms with E-state index >= 15 is 0 Å². The van der Waals surface area contributed by atoms with Crippen LogP contribution < -0.4 is 0 Å². The van der Waals surface area contributed by atoms with Gasteiger partial charge in [-0.05, 0) is 18.9 Å². The van der Waals surface area contributed by atoms with Gasteiger partial charge in [-0.3, -0.25) is 0 Å². The first-order chi connectivity index (χ1) is 7.66. The third-order valence-electron chi connectivity index (χ3n) is 4.08. The van der Waals surface area contributed by atoms with Crippen molar-refractivity contribution in [3.63, 3.8) is 0 Å². The molecule has 3 heteroatoms. The molecule has 1 saturated carbocycles. The van der Waals surface area contributed by atoms with Crippen molar-refractivity contribution in [3.8, 4) is 0 Å². The predicted octanol–water partition coefficient (Wildman–Crippen LogP) is 3.02. The summed E-state index contributed by atoms with van der Waals surface area (Å²) in [5.74, 6) is 0. The molecule has 1 fully saturated rings. The second-order valence-electron chi connectivity index (χ2n) is 5.82. The monoisotopic (exact) mass is 257 g/mol. The van der Waals surface area contributed by atoms with Gasteiger partial charge in [-0.1, -0.05) is 58.3 Å². The van der Waals surface area contributed by atoms with Crippen molar-refractivity contribution in [2.45, 2.75) is 83.2 Å². The van der Waals surface area contributed by atoms with Crippen molar-refractivity contribution < 1.29 is 0 Å². The minimum atomic E-state index is -0.598. The second kappa shape index (κ2) is 7.67. The number of hydrogen-bond donors (Lipinski definition) is 0. The Labute approximate surface area is 107 Å². The molecular weight excluding hydrogens is 226 g/mol. The molecule has 1 atom stereocenters. The van der Waals surface area contributed by atoms with E-state index in [-0.39, 0.29) is 0 Å². The summed E-state index contributed by atoms with van der Waals surface area (Å²) in [5, 5.41) is 0. The lowest BCUT2D eigenvalue weighted by Crippen LogP contribution is -2.49. The van der Waals surface area contributed by atoms with Gasteiger partial charge in [-0.15, -0.1) is 0 Å². The minimum Gasteiger partial charge on any atom is -0.322 e. The zero-order valence-corrected chi connectivity index (χ0v) is 14.4. The van der Waals surface area contributed by atoms with Gasteiger partial charge >= 0.3 is 0 Å². The molecule has 1 nitrogen and oxygen atoms in total. The third kappa shape index (κ3) is 4.34. The standard InChI is InChI=1S/C13H31NSi2/c1-12(2)14(16(4)11-10-15-3)13-8-6-5-7-9-13/h12-13,16H,5-11,15H2,1-4H3. The van der Waals surface area contributed by atoms with Gasteiger partial charge in [0.25, 0.3) is 0 Å². The highest BCUT2D eigenvalue weighted by molar-refractivity contribution is 6.56. The normalized spacial score (nSPS) is 21.4. The van der Waals surface area contributed by atoms with Crippen LogP contribution in [-0.4, -0.2) is 35.1 Å². The largest absolute Gasteiger partial charge is 0.322 e. The van der Waals surface area contributed by atoms with Crippen molar-refractivity contribution in [2.75, 3.05) is 0 Å². The van der Waals surface area contributed by atoms with Gasteiger partial charge < -0.3 is 4.57 Å². The maximum Gasteiger partial charge on any atom is 0.109 e. The lowest BCUT2D eigenvalue weighted by atomic mass is 9.95. The van der Waals surface area contributed by atoms with E-state index < -0.39 is 8.96 Å². The molecule has 0 amide bonds. The van der Waals surface area contributed by atoms with Crippen LogP contribution in [0.5, 0.6) is 0 Å². The van der Waals surface area contributed by atoms with Gasteiger partial charge in [-0.2, -0.15) is 0 Å². The van der Waals surface area contributed by atoms with Crippen molar-refractivity contribution in [1.29, 1.82) is 0 Å². The van der Waals surface area contributed by atoms with E-state index in [1.165, 1.54) is 32.1 Å². The Bertz CT molecular complexity index is 179. The molecule has 1 rings (SSSR count). The fourth-order valence-electron chi connectivity index (χ4n) is 3.32. The van der Waals surface area contributed by atoms with Crippen molar-refractivity contribution >= 4 is 18.5 Å². The second-order valence-corrected chi connectivity index (χ2v) is 10.4. The van der Waals surface area contributed by atoms with E-state index in [1.54, 1.807) is 12.1 Å². The summed E-state index contributed by atoms with van der Waals surface area (Å²) in [5.41, 5.74) is 0. The molecule has 0 radical (unpaired) electrons. The Morgan fingerprint density at radius 1 is 1.25 bits per heavy atom. The van der Waals surface area contributed by atoms with Crippen LogP contribution in [0.2, 0.25) is 25.2 Å². The zero-order chi connectivity index (χ0) is 12.0. The maximum absolute atomic E-state index is 2.96. The van der Waals surface area contributed by atoms with E-state index in [1.807, 2.05) is 0 Å². The van der Waals surface area contributed by atoms with Crippen LogP contribution in [0.1, 0.15) is 46.0 Å². The molecule has 1 unspecified atom stereocenters. The first kappa shape index (κ1) is 14.5. The zero-order valence-electron chi connectivity index (χ0n) is 11.8. The number of nitrogens with zero attached hydrogens (tertiary/aromatic N) is 1. The summed E-state index contributed by atoms with van der Waals surface area (Å²) in [7, 11) is -0.303. The lowest BCUT2D eigenvalue weighted by molar-refractivity contribution is 0.216. The Balaban J connectivity index is 2.50. The summed E-state index contributed by atoms with van der Waals surface area (Å²) >= 11 is 0. The van der Waals surface area contributed by atoms with Crippen LogP contribution in [0.4, 0.5) is 0 Å². The van der Waals surface area contributed by atoms with Gasteiger partial charge in [0.15, 0.2) is 0 Å². The average Bonchev–Trinajstić information content (AvgIpc) is 2.27. The molecule has 0 saturated heterocycles. The van der Waals surface area contributed by atoms with Gasteiger partial charge in [0.1, 0.15) is 8.96 Å². The summed E-state index contributed by atoms with van der Waals surface area (Å²) in [6.07, 6.45) is 7.42. The maximum atomic E-state index is 2.96. The summed E-state index contributed by atoms with van der Waals surface area (Å²) in [4.78, 5) is 0. The molecule has 0 aromatic carbocycles. The molecule has 16 heavy (non-hydrogen) atoms. The van der Waals surface area contributed by atoms with E-state index in [4.69, 9.17) is 0 Å². The van der Waals surface area contributed by atoms with Gasteiger partial charge in [0.05, 0.1) is 0 Å². The van der Waals surface area contributed by atoms with E-state index in [0.29, 0.717) is 9.52 Å². The molecule has 96 valence electrons. The van der Waals surface area contributed by atoms with E-state index in [2.05, 4.69) is 31.5 Å². The molecule has 0 aliphatic heterocycles. The topological polar surface area (TPSA) is 3.24 Å². The minimum absolute atomic E-state index is 0.294. The molecular formula is C13H31NSi2. The molecule has 0 bridgehead atoms. The fraction of sp³-hybridized carbons (Fsp3) is 1.00. The molecule has 0 aromatic rings. The number of hydrogen-bond acceptors (Lipinski definition) is 1. The Morgan fingerprint density at radius 2 is 1.88 bits per heavy atom. The quantitative estimate of drug-likeness (QED) is 0.661. The highest BCUT2D eigenvalue weighted by Crippen LogP contribution is 2.26. The van der Waals surface area contributed by atoms with Crippen molar-refractivity contribution in [3.05, 3.63) is 0 Å². The molecule has 0 heterocycles.